The highest BCUT2D eigenvalue weighted by Crippen LogP contribution is 2.57. The molecule has 2 heterocycles. The van der Waals surface area contributed by atoms with Gasteiger partial charge in [-0.3, -0.25) is 4.79 Å². The summed E-state index contributed by atoms with van der Waals surface area (Å²) in [5.74, 6) is 0.109. The minimum atomic E-state index is -0.320. The van der Waals surface area contributed by atoms with Crippen LogP contribution in [0.3, 0.4) is 0 Å². The van der Waals surface area contributed by atoms with Crippen LogP contribution in [0, 0.1) is 18.3 Å². The van der Waals surface area contributed by atoms with Crippen molar-refractivity contribution >= 4 is 28.5 Å². The Labute approximate surface area is 144 Å². The molecule has 4 rings (SSSR count). The minimum absolute atomic E-state index is 0.0726. The molecule has 24 heavy (non-hydrogen) atoms. The highest BCUT2D eigenvalue weighted by molar-refractivity contribution is 7.08. The second-order valence-electron chi connectivity index (χ2n) is 6.49. The van der Waals surface area contributed by atoms with Gasteiger partial charge in [-0.15, -0.1) is 6.58 Å². The maximum Gasteiger partial charge on any atom is 0.256 e. The van der Waals surface area contributed by atoms with E-state index in [-0.39, 0.29) is 16.9 Å². The third-order valence-electron chi connectivity index (χ3n) is 5.07. The van der Waals surface area contributed by atoms with Crippen LogP contribution in [0.25, 0.3) is 22.0 Å². The summed E-state index contributed by atoms with van der Waals surface area (Å²) >= 11 is 1.58. The van der Waals surface area contributed by atoms with E-state index in [1.54, 1.807) is 11.3 Å². The monoisotopic (exact) mass is 334 g/mol. The molecule has 0 amide bonds. The van der Waals surface area contributed by atoms with Gasteiger partial charge in [-0.25, -0.2) is 0 Å². The van der Waals surface area contributed by atoms with Gasteiger partial charge in [0, 0.05) is 22.2 Å². The van der Waals surface area contributed by atoms with Crippen LogP contribution in [0.4, 0.5) is 0 Å². The molecule has 0 radical (unpaired) electrons. The fraction of sp³-hybridized carbons (Fsp3) is 0.200. The quantitative estimate of drug-likeness (QED) is 0.529. The number of fused-ring (bicyclic) bond motifs is 1. The summed E-state index contributed by atoms with van der Waals surface area (Å²) in [6.07, 6.45) is 4.25. The zero-order valence-electron chi connectivity index (χ0n) is 13.4. The summed E-state index contributed by atoms with van der Waals surface area (Å²) < 4.78 is 0. The van der Waals surface area contributed by atoms with Crippen molar-refractivity contribution < 1.29 is 0 Å². The van der Waals surface area contributed by atoms with Crippen molar-refractivity contribution in [1.29, 1.82) is 5.41 Å². The van der Waals surface area contributed by atoms with Gasteiger partial charge in [0.1, 0.15) is 0 Å². The van der Waals surface area contributed by atoms with E-state index in [9.17, 15) is 4.79 Å². The molecule has 0 saturated heterocycles. The lowest BCUT2D eigenvalue weighted by molar-refractivity contribution is 0.862. The molecule has 120 valence electrons. The summed E-state index contributed by atoms with van der Waals surface area (Å²) in [7, 11) is 0. The number of aryl methyl sites for hydroxylation is 1. The van der Waals surface area contributed by atoms with Crippen molar-refractivity contribution in [2.75, 3.05) is 0 Å². The number of aromatic amines is 1. The fourth-order valence-corrected chi connectivity index (χ4v) is 4.36. The van der Waals surface area contributed by atoms with Crippen LogP contribution >= 0.6 is 11.3 Å². The van der Waals surface area contributed by atoms with Gasteiger partial charge in [-0.1, -0.05) is 17.7 Å². The van der Waals surface area contributed by atoms with Crippen molar-refractivity contribution in [3.05, 3.63) is 69.2 Å². The normalized spacial score (nSPS) is 22.5. The molecule has 1 aromatic carbocycles. The third-order valence-corrected chi connectivity index (χ3v) is 5.75. The zero-order chi connectivity index (χ0) is 16.9. The van der Waals surface area contributed by atoms with Gasteiger partial charge in [0.05, 0.1) is 5.56 Å². The van der Waals surface area contributed by atoms with Gasteiger partial charge in [0.25, 0.3) is 5.56 Å². The van der Waals surface area contributed by atoms with Crippen LogP contribution < -0.4 is 5.56 Å². The minimum Gasteiger partial charge on any atom is -0.321 e. The molecule has 3 nitrogen and oxygen atoms in total. The highest BCUT2D eigenvalue weighted by atomic mass is 32.1. The van der Waals surface area contributed by atoms with Crippen LogP contribution in [-0.2, 0) is 5.41 Å². The molecule has 2 N–H and O–H groups in total. The van der Waals surface area contributed by atoms with Crippen molar-refractivity contribution in [2.45, 2.75) is 18.8 Å². The predicted molar refractivity (Wildman–Crippen MR) is 101 cm³/mol. The summed E-state index contributed by atoms with van der Waals surface area (Å²) in [5, 5.41) is 12.8. The lowest BCUT2D eigenvalue weighted by Gasteiger charge is -2.19. The Kier molecular flexibility index (Phi) is 3.32. The molecule has 0 spiro atoms. The van der Waals surface area contributed by atoms with E-state index in [0.29, 0.717) is 0 Å². The van der Waals surface area contributed by atoms with E-state index < -0.39 is 0 Å². The van der Waals surface area contributed by atoms with E-state index in [0.717, 1.165) is 39.6 Å². The van der Waals surface area contributed by atoms with Crippen LogP contribution in [0.15, 0.2) is 52.5 Å². The number of rotatable bonds is 4. The molecule has 0 bridgehead atoms. The van der Waals surface area contributed by atoms with Crippen LogP contribution in [0.1, 0.15) is 17.5 Å². The Morgan fingerprint density at radius 3 is 2.88 bits per heavy atom. The number of benzene rings is 1. The molecule has 1 aliphatic rings. The summed E-state index contributed by atoms with van der Waals surface area (Å²) in [4.78, 5) is 15.9. The maximum absolute atomic E-state index is 12.9. The molecule has 1 fully saturated rings. The smallest absolute Gasteiger partial charge is 0.256 e. The van der Waals surface area contributed by atoms with Gasteiger partial charge in [0.2, 0.25) is 0 Å². The Balaban J connectivity index is 2.17. The molecule has 1 saturated carbocycles. The van der Waals surface area contributed by atoms with Gasteiger partial charge in [-0.05, 0) is 59.6 Å². The van der Waals surface area contributed by atoms with Gasteiger partial charge in [-0.2, -0.15) is 11.3 Å². The Morgan fingerprint density at radius 2 is 2.25 bits per heavy atom. The highest BCUT2D eigenvalue weighted by Gasteiger charge is 2.54. The number of H-pyrrole nitrogens is 1. The number of hydrogen-bond acceptors (Lipinski definition) is 3. The van der Waals surface area contributed by atoms with Gasteiger partial charge in [0.15, 0.2) is 0 Å². The average Bonchev–Trinajstić information content (AvgIpc) is 3.05. The molecular weight excluding hydrogens is 316 g/mol. The topological polar surface area (TPSA) is 56.7 Å². The standard InChI is InChI=1S/C20H18N2OS/c1-3-20(9-14(20)10-21)18-15-8-12(2)4-5-16(15)22-19(23)17(18)13-6-7-24-11-13/h3-8,10-11,14,21H,1,9H2,2H3,(H,22,23). The zero-order valence-corrected chi connectivity index (χ0v) is 14.2. The molecule has 2 atom stereocenters. The molecular formula is C20H18N2OS. The van der Waals surface area contributed by atoms with Crippen molar-refractivity contribution in [3.8, 4) is 11.1 Å². The van der Waals surface area contributed by atoms with Crippen LogP contribution in [-0.4, -0.2) is 11.2 Å². The largest absolute Gasteiger partial charge is 0.321 e. The lowest BCUT2D eigenvalue weighted by atomic mass is 9.84. The van der Waals surface area contributed by atoms with E-state index in [4.69, 9.17) is 5.41 Å². The molecule has 1 aliphatic carbocycles. The lowest BCUT2D eigenvalue weighted by Crippen LogP contribution is -2.19. The predicted octanol–water partition coefficient (Wildman–Crippen LogP) is 4.66. The number of allylic oxidation sites excluding steroid dienone is 1. The average molecular weight is 334 g/mol. The first-order valence-corrected chi connectivity index (χ1v) is 8.89. The second-order valence-corrected chi connectivity index (χ2v) is 7.27. The molecule has 0 aliphatic heterocycles. The SMILES string of the molecule is C=CC1(c2c(-c3ccsc3)c(=O)[nH]c3ccc(C)cc23)CC1C=N. The first-order valence-electron chi connectivity index (χ1n) is 7.94. The summed E-state index contributed by atoms with van der Waals surface area (Å²) in [5.41, 5.74) is 4.28. The first-order chi connectivity index (χ1) is 11.6. The first kappa shape index (κ1) is 15.1. The number of thiophene rings is 1. The third kappa shape index (κ3) is 2.03. The van der Waals surface area contributed by atoms with Crippen LogP contribution in [0.5, 0.6) is 0 Å². The van der Waals surface area contributed by atoms with Crippen molar-refractivity contribution in [1.82, 2.24) is 4.98 Å². The van der Waals surface area contributed by atoms with Crippen molar-refractivity contribution in [2.24, 2.45) is 5.92 Å². The van der Waals surface area contributed by atoms with E-state index in [2.05, 4.69) is 24.6 Å². The number of aromatic nitrogens is 1. The van der Waals surface area contributed by atoms with E-state index >= 15 is 0 Å². The van der Waals surface area contributed by atoms with E-state index in [1.807, 2.05) is 35.0 Å². The number of nitrogens with one attached hydrogen (secondary N) is 2. The Hall–Kier alpha value is -2.46. The second kappa shape index (κ2) is 5.28. The maximum atomic E-state index is 12.9. The fourth-order valence-electron chi connectivity index (χ4n) is 3.71. The molecule has 4 heteroatoms. The summed E-state index contributed by atoms with van der Waals surface area (Å²) in [6, 6.07) is 8.08. The Morgan fingerprint density at radius 1 is 1.42 bits per heavy atom. The number of pyridine rings is 1. The molecule has 2 unspecified atom stereocenters. The van der Waals surface area contributed by atoms with Gasteiger partial charge >= 0.3 is 0 Å². The van der Waals surface area contributed by atoms with Crippen LogP contribution in [0.2, 0.25) is 0 Å². The Bertz CT molecular complexity index is 1020. The molecule has 3 aromatic rings. The van der Waals surface area contributed by atoms with Gasteiger partial charge < -0.3 is 10.4 Å². The van der Waals surface area contributed by atoms with Crippen molar-refractivity contribution in [3.63, 3.8) is 0 Å². The van der Waals surface area contributed by atoms with E-state index in [1.165, 1.54) is 6.21 Å². The summed E-state index contributed by atoms with van der Waals surface area (Å²) in [6.45, 7) is 6.09. The molecule has 2 aromatic heterocycles. The number of hydrogen-bond donors (Lipinski definition) is 2.